The van der Waals surface area contributed by atoms with Crippen LogP contribution in [-0.2, 0) is 14.3 Å². The van der Waals surface area contributed by atoms with E-state index in [1.54, 1.807) is 21.0 Å². The Morgan fingerprint density at radius 1 is 1.19 bits per heavy atom. The van der Waals surface area contributed by atoms with Gasteiger partial charge in [0.25, 0.3) is 0 Å². The first kappa shape index (κ1) is 17.7. The number of carbonyl (C=O) groups excluding carboxylic acids is 1. The second-order valence-electron chi connectivity index (χ2n) is 3.66. The van der Waals surface area contributed by atoms with Crippen LogP contribution in [0.4, 0.5) is 0 Å². The summed E-state index contributed by atoms with van der Waals surface area (Å²) in [6, 6.07) is 0. The highest BCUT2D eigenvalue weighted by atomic mass is 16.5. The van der Waals surface area contributed by atoms with Gasteiger partial charge < -0.3 is 19.7 Å². The minimum Gasteiger partial charge on any atom is -0.466 e. The summed E-state index contributed by atoms with van der Waals surface area (Å²) in [5.41, 5.74) is 0. The van der Waals surface area contributed by atoms with E-state index in [0.29, 0.717) is 6.61 Å². The fraction of sp³-hybridized carbons (Fsp3) is 0.909. The zero-order valence-corrected chi connectivity index (χ0v) is 10.8. The normalized spacial score (nSPS) is 15.4. The number of esters is 1. The second-order valence-corrected chi connectivity index (χ2v) is 3.66. The first-order valence-electron chi connectivity index (χ1n) is 5.33. The van der Waals surface area contributed by atoms with E-state index >= 15 is 0 Å². The summed E-state index contributed by atoms with van der Waals surface area (Å²) in [5.74, 6) is -0.233. The maximum Gasteiger partial charge on any atom is 0.302 e. The molecule has 0 aromatic heterocycles. The van der Waals surface area contributed by atoms with E-state index in [0.717, 1.165) is 6.42 Å². The van der Waals surface area contributed by atoms with Crippen molar-refractivity contribution in [3.05, 3.63) is 0 Å². The van der Waals surface area contributed by atoms with Gasteiger partial charge in [0, 0.05) is 20.5 Å². The highest BCUT2D eigenvalue weighted by molar-refractivity contribution is 5.65. The van der Waals surface area contributed by atoms with E-state index < -0.39 is 12.2 Å². The summed E-state index contributed by atoms with van der Waals surface area (Å²) < 4.78 is 9.64. The van der Waals surface area contributed by atoms with Crippen molar-refractivity contribution in [1.29, 1.82) is 0 Å². The molecule has 0 saturated heterocycles. The largest absolute Gasteiger partial charge is 0.466 e. The summed E-state index contributed by atoms with van der Waals surface area (Å²) >= 11 is 0. The zero-order chi connectivity index (χ0) is 13.1. The van der Waals surface area contributed by atoms with Crippen molar-refractivity contribution < 1.29 is 24.5 Å². The van der Waals surface area contributed by atoms with Gasteiger partial charge in [-0.2, -0.15) is 0 Å². The molecule has 3 unspecified atom stereocenters. The van der Waals surface area contributed by atoms with Gasteiger partial charge in [-0.1, -0.05) is 0 Å². The summed E-state index contributed by atoms with van der Waals surface area (Å²) in [7, 11) is 1.64. The van der Waals surface area contributed by atoms with Gasteiger partial charge in [-0.05, 0) is 20.8 Å². The van der Waals surface area contributed by atoms with Gasteiger partial charge in [-0.15, -0.1) is 0 Å². The molecule has 0 fully saturated rings. The monoisotopic (exact) mass is 236 g/mol. The van der Waals surface area contributed by atoms with Crippen LogP contribution in [0.15, 0.2) is 0 Å². The number of aliphatic hydroxyl groups is 2. The Balaban J connectivity index is 0. The minimum absolute atomic E-state index is 0.166. The molecule has 0 saturated carbocycles. The number of ether oxygens (including phenoxy) is 2. The summed E-state index contributed by atoms with van der Waals surface area (Å²) in [6.07, 6.45) is -0.259. The zero-order valence-electron chi connectivity index (χ0n) is 10.8. The second kappa shape index (κ2) is 10.9. The van der Waals surface area contributed by atoms with Crippen LogP contribution in [0, 0.1) is 0 Å². The van der Waals surface area contributed by atoms with Crippen LogP contribution in [0.5, 0.6) is 0 Å². The molecule has 0 aromatic carbocycles. The molecule has 0 aromatic rings. The predicted molar refractivity (Wildman–Crippen MR) is 61.1 cm³/mol. The van der Waals surface area contributed by atoms with Crippen LogP contribution in [0.2, 0.25) is 0 Å². The lowest BCUT2D eigenvalue weighted by Gasteiger charge is -2.07. The van der Waals surface area contributed by atoms with Crippen LogP contribution >= 0.6 is 0 Å². The molecule has 0 aliphatic rings. The molecule has 0 amide bonds. The number of hydrogen-bond donors (Lipinski definition) is 2. The fourth-order valence-corrected chi connectivity index (χ4v) is 0.486. The van der Waals surface area contributed by atoms with Crippen molar-refractivity contribution in [2.75, 3.05) is 13.7 Å². The van der Waals surface area contributed by atoms with Gasteiger partial charge in [0.1, 0.15) is 0 Å². The smallest absolute Gasteiger partial charge is 0.302 e. The quantitative estimate of drug-likeness (QED) is 0.688. The maximum absolute atomic E-state index is 10.3. The van der Waals surface area contributed by atoms with Gasteiger partial charge >= 0.3 is 5.97 Å². The Morgan fingerprint density at radius 3 is 1.88 bits per heavy atom. The summed E-state index contributed by atoms with van der Waals surface area (Å²) in [4.78, 5) is 10.3. The number of rotatable bonds is 5. The van der Waals surface area contributed by atoms with Crippen LogP contribution in [0.3, 0.4) is 0 Å². The highest BCUT2D eigenvalue weighted by Gasteiger charge is 2.00. The molecular formula is C11H24O5. The molecule has 5 heteroatoms. The third-order valence-electron chi connectivity index (χ3n) is 1.93. The molecule has 0 rings (SSSR count). The molecule has 3 atom stereocenters. The summed E-state index contributed by atoms with van der Waals surface area (Å²) in [5, 5.41) is 16.8. The fourth-order valence-electron chi connectivity index (χ4n) is 0.486. The lowest BCUT2D eigenvalue weighted by Crippen LogP contribution is -2.17. The minimum atomic E-state index is -0.593. The van der Waals surface area contributed by atoms with Gasteiger partial charge in [0.15, 0.2) is 0 Å². The van der Waals surface area contributed by atoms with Crippen LogP contribution in [0.1, 0.15) is 34.1 Å². The SMILES string of the molecule is CC(O)C(C)O.COC(C)CCOC(C)=O. The predicted octanol–water partition coefficient (Wildman–Crippen LogP) is 0.722. The molecule has 5 nitrogen and oxygen atoms in total. The lowest BCUT2D eigenvalue weighted by molar-refractivity contribution is -0.141. The van der Waals surface area contributed by atoms with E-state index in [1.165, 1.54) is 6.92 Å². The van der Waals surface area contributed by atoms with Crippen molar-refractivity contribution in [3.8, 4) is 0 Å². The number of hydrogen-bond acceptors (Lipinski definition) is 5. The van der Waals surface area contributed by atoms with Gasteiger partial charge in [-0.25, -0.2) is 0 Å². The molecule has 2 N–H and O–H groups in total. The van der Waals surface area contributed by atoms with Crippen molar-refractivity contribution in [3.63, 3.8) is 0 Å². The Kier molecular flexibility index (Phi) is 12.0. The average Bonchev–Trinajstić information content (AvgIpc) is 2.17. The van der Waals surface area contributed by atoms with Crippen molar-refractivity contribution in [1.82, 2.24) is 0 Å². The number of aliphatic hydroxyl groups excluding tert-OH is 2. The third kappa shape index (κ3) is 15.8. The third-order valence-corrected chi connectivity index (χ3v) is 1.93. The Hall–Kier alpha value is -0.650. The molecule has 0 aliphatic carbocycles. The van der Waals surface area contributed by atoms with E-state index in [1.807, 2.05) is 6.92 Å². The molecule has 0 bridgehead atoms. The average molecular weight is 236 g/mol. The van der Waals surface area contributed by atoms with Gasteiger partial charge in [-0.3, -0.25) is 4.79 Å². The van der Waals surface area contributed by atoms with Gasteiger partial charge in [0.05, 0.1) is 24.9 Å². The maximum atomic E-state index is 10.3. The van der Waals surface area contributed by atoms with Crippen molar-refractivity contribution >= 4 is 5.97 Å². The van der Waals surface area contributed by atoms with Gasteiger partial charge in [0.2, 0.25) is 0 Å². The molecule has 16 heavy (non-hydrogen) atoms. The number of methoxy groups -OCH3 is 1. The molecular weight excluding hydrogens is 212 g/mol. The Labute approximate surface area is 97.4 Å². The van der Waals surface area contributed by atoms with Crippen LogP contribution in [-0.4, -0.2) is 48.2 Å². The standard InChI is InChI=1S/C7H14O3.C4H10O2/c1-6(9-3)4-5-10-7(2)8;1-3(5)4(2)6/h6H,4-5H2,1-3H3;3-6H,1-2H3. The Morgan fingerprint density at radius 2 is 1.62 bits per heavy atom. The van der Waals surface area contributed by atoms with Crippen LogP contribution < -0.4 is 0 Å². The van der Waals surface area contributed by atoms with E-state index in [4.69, 9.17) is 19.7 Å². The first-order chi connectivity index (χ1) is 7.31. The van der Waals surface area contributed by atoms with Crippen LogP contribution in [0.25, 0.3) is 0 Å². The highest BCUT2D eigenvalue weighted by Crippen LogP contribution is 1.94. The first-order valence-corrected chi connectivity index (χ1v) is 5.33. The van der Waals surface area contributed by atoms with Crippen molar-refractivity contribution in [2.24, 2.45) is 0 Å². The molecule has 0 spiro atoms. The topological polar surface area (TPSA) is 76.0 Å². The lowest BCUT2D eigenvalue weighted by atomic mass is 10.3. The molecule has 0 heterocycles. The number of carbonyl (C=O) groups is 1. The summed E-state index contributed by atoms with van der Waals surface area (Å²) in [6.45, 7) is 6.88. The van der Waals surface area contributed by atoms with Crippen molar-refractivity contribution in [2.45, 2.75) is 52.4 Å². The molecule has 0 radical (unpaired) electrons. The van der Waals surface area contributed by atoms with E-state index in [9.17, 15) is 4.79 Å². The van der Waals surface area contributed by atoms with E-state index in [-0.39, 0.29) is 12.1 Å². The molecule has 98 valence electrons. The van der Waals surface area contributed by atoms with E-state index in [2.05, 4.69) is 0 Å². The molecule has 0 aliphatic heterocycles. The Bertz CT molecular complexity index is 162.